The summed E-state index contributed by atoms with van der Waals surface area (Å²) in [6, 6.07) is 16.7. The van der Waals surface area contributed by atoms with Gasteiger partial charge in [0.05, 0.1) is 0 Å². The zero-order valence-corrected chi connectivity index (χ0v) is 19.3. The van der Waals surface area contributed by atoms with Crippen molar-refractivity contribution < 1.29 is 4.79 Å². The van der Waals surface area contributed by atoms with Gasteiger partial charge >= 0.3 is 0 Å². The Kier molecular flexibility index (Phi) is 7.68. The summed E-state index contributed by atoms with van der Waals surface area (Å²) in [5.41, 5.74) is 7.37. The van der Waals surface area contributed by atoms with Gasteiger partial charge in [0.2, 0.25) is 0 Å². The van der Waals surface area contributed by atoms with E-state index in [1.54, 1.807) is 0 Å². The van der Waals surface area contributed by atoms with Crippen LogP contribution < -0.4 is 0 Å². The average molecular weight is 414 g/mol. The number of hydrogen-bond acceptors (Lipinski definition) is 1. The summed E-state index contributed by atoms with van der Waals surface area (Å²) in [5.74, 6) is 0.786. The maximum Gasteiger partial charge on any atom is 0.253 e. The Bertz CT molecular complexity index is 975. The Balaban J connectivity index is 1.73. The van der Waals surface area contributed by atoms with Gasteiger partial charge in [0, 0.05) is 18.7 Å². The van der Waals surface area contributed by atoms with Crippen LogP contribution in [0.15, 0.2) is 78.9 Å². The molecule has 0 bridgehead atoms. The first-order valence-electron chi connectivity index (χ1n) is 11.4. The quantitative estimate of drug-likeness (QED) is 0.447. The topological polar surface area (TPSA) is 20.3 Å². The number of rotatable bonds is 7. The Morgan fingerprint density at radius 2 is 1.77 bits per heavy atom. The summed E-state index contributed by atoms with van der Waals surface area (Å²) in [4.78, 5) is 15.3. The van der Waals surface area contributed by atoms with Gasteiger partial charge < -0.3 is 4.90 Å². The third-order valence-corrected chi connectivity index (χ3v) is 6.29. The lowest BCUT2D eigenvalue weighted by Gasteiger charge is -2.32. The summed E-state index contributed by atoms with van der Waals surface area (Å²) in [7, 11) is 0. The highest BCUT2D eigenvalue weighted by atomic mass is 16.2. The van der Waals surface area contributed by atoms with Crippen molar-refractivity contribution in [1.82, 2.24) is 4.90 Å². The third-order valence-electron chi connectivity index (χ3n) is 6.29. The molecule has 0 aromatic heterocycles. The molecule has 0 aliphatic carbocycles. The van der Waals surface area contributed by atoms with Crippen LogP contribution >= 0.6 is 0 Å². The highest BCUT2D eigenvalue weighted by Gasteiger charge is 2.24. The molecule has 3 rings (SSSR count). The second-order valence-corrected chi connectivity index (χ2v) is 8.74. The summed E-state index contributed by atoms with van der Waals surface area (Å²) >= 11 is 0. The van der Waals surface area contributed by atoms with Crippen molar-refractivity contribution in [1.29, 1.82) is 0 Å². The molecule has 1 fully saturated rings. The number of hydrogen-bond donors (Lipinski definition) is 0. The van der Waals surface area contributed by atoms with Crippen molar-refractivity contribution in [2.45, 2.75) is 46.5 Å². The van der Waals surface area contributed by atoms with E-state index in [1.165, 1.54) is 5.56 Å². The van der Waals surface area contributed by atoms with Crippen molar-refractivity contribution in [3.63, 3.8) is 0 Å². The van der Waals surface area contributed by atoms with E-state index in [0.717, 1.165) is 72.2 Å². The van der Waals surface area contributed by atoms with E-state index < -0.39 is 0 Å². The Morgan fingerprint density at radius 1 is 1.10 bits per heavy atom. The largest absolute Gasteiger partial charge is 0.339 e. The molecule has 0 saturated carbocycles. The lowest BCUT2D eigenvalue weighted by molar-refractivity contribution is 0.0690. The number of benzene rings is 2. The molecule has 1 aliphatic heterocycles. The van der Waals surface area contributed by atoms with Crippen LogP contribution in [0.2, 0.25) is 0 Å². The highest BCUT2D eigenvalue weighted by molar-refractivity contribution is 5.96. The molecule has 0 spiro atoms. The first-order valence-corrected chi connectivity index (χ1v) is 11.4. The van der Waals surface area contributed by atoms with E-state index in [2.05, 4.69) is 69.5 Å². The minimum absolute atomic E-state index is 0.135. The second kappa shape index (κ2) is 10.4. The SMILES string of the molecule is C=C(C)C(=C)/C(=C/CC)c1cc(C(=O)N2CCC(Cc3ccccc3)CC2)ccc1C. The fraction of sp³-hybridized carbons (Fsp3) is 0.345. The van der Waals surface area contributed by atoms with Crippen LogP contribution in [0.25, 0.3) is 5.57 Å². The van der Waals surface area contributed by atoms with Crippen LogP contribution in [0.1, 0.15) is 60.2 Å². The van der Waals surface area contributed by atoms with Crippen LogP contribution in [0.5, 0.6) is 0 Å². The molecule has 2 heteroatoms. The minimum Gasteiger partial charge on any atom is -0.339 e. The van der Waals surface area contributed by atoms with Gasteiger partial charge in [-0.15, -0.1) is 0 Å². The van der Waals surface area contributed by atoms with Crippen LogP contribution in [-0.2, 0) is 6.42 Å². The number of amides is 1. The van der Waals surface area contributed by atoms with Gasteiger partial charge in [-0.1, -0.05) is 68.1 Å². The normalized spacial score (nSPS) is 15.1. The zero-order valence-electron chi connectivity index (χ0n) is 19.3. The Morgan fingerprint density at radius 3 is 2.39 bits per heavy atom. The molecule has 1 heterocycles. The summed E-state index contributed by atoms with van der Waals surface area (Å²) in [5, 5.41) is 0. The molecule has 1 saturated heterocycles. The first kappa shape index (κ1) is 22.8. The molecule has 162 valence electrons. The van der Waals surface area contributed by atoms with Crippen molar-refractivity contribution in [2.24, 2.45) is 5.92 Å². The predicted molar refractivity (Wildman–Crippen MR) is 132 cm³/mol. The number of carbonyl (C=O) groups is 1. The summed E-state index contributed by atoms with van der Waals surface area (Å²) < 4.78 is 0. The molecule has 2 aromatic carbocycles. The number of allylic oxidation sites excluding steroid dienone is 4. The zero-order chi connectivity index (χ0) is 22.4. The van der Waals surface area contributed by atoms with Gasteiger partial charge in [0.25, 0.3) is 5.91 Å². The van der Waals surface area contributed by atoms with Gasteiger partial charge in [0.15, 0.2) is 0 Å². The molecule has 0 N–H and O–H groups in total. The molecule has 1 aliphatic rings. The molecule has 0 unspecified atom stereocenters. The molecule has 2 aromatic rings. The van der Waals surface area contributed by atoms with E-state index in [4.69, 9.17) is 0 Å². The Hall–Kier alpha value is -2.87. The molecular formula is C29H35NO. The smallest absolute Gasteiger partial charge is 0.253 e. The average Bonchev–Trinajstić information content (AvgIpc) is 2.78. The number of piperidine rings is 1. The fourth-order valence-corrected chi connectivity index (χ4v) is 4.35. The van der Waals surface area contributed by atoms with Crippen LogP contribution in [0.3, 0.4) is 0 Å². The van der Waals surface area contributed by atoms with Gasteiger partial charge in [-0.2, -0.15) is 0 Å². The molecule has 31 heavy (non-hydrogen) atoms. The standard InChI is InChI=1S/C29H35NO/c1-6-10-27(23(5)21(2)3)28-20-26(14-13-22(28)4)29(31)30-17-15-25(16-18-30)19-24-11-8-7-9-12-24/h7-14,20,25H,2,5-6,15-19H2,1,3-4H3/b27-10-. The molecule has 0 atom stereocenters. The number of likely N-dealkylation sites (tertiary alicyclic amines) is 1. The van der Waals surface area contributed by atoms with E-state index in [1.807, 2.05) is 24.0 Å². The van der Waals surface area contributed by atoms with Crippen LogP contribution in [0, 0.1) is 12.8 Å². The third kappa shape index (κ3) is 5.64. The summed E-state index contributed by atoms with van der Waals surface area (Å²) in [6.45, 7) is 16.2. The van der Waals surface area contributed by atoms with Gasteiger partial charge in [-0.25, -0.2) is 0 Å². The molecule has 2 nitrogen and oxygen atoms in total. The molecule has 0 radical (unpaired) electrons. The Labute approximate surface area is 188 Å². The van der Waals surface area contributed by atoms with Crippen molar-refractivity contribution in [3.8, 4) is 0 Å². The van der Waals surface area contributed by atoms with Gasteiger partial charge in [-0.05, 0) is 85.4 Å². The first-order chi connectivity index (χ1) is 14.9. The maximum atomic E-state index is 13.3. The van der Waals surface area contributed by atoms with E-state index >= 15 is 0 Å². The number of aryl methyl sites for hydroxylation is 1. The van der Waals surface area contributed by atoms with E-state index in [0.29, 0.717) is 5.92 Å². The fourth-order valence-electron chi connectivity index (χ4n) is 4.35. The van der Waals surface area contributed by atoms with Crippen molar-refractivity contribution in [2.75, 3.05) is 13.1 Å². The second-order valence-electron chi connectivity index (χ2n) is 8.74. The van der Waals surface area contributed by atoms with Crippen molar-refractivity contribution >= 4 is 11.5 Å². The van der Waals surface area contributed by atoms with Crippen molar-refractivity contribution in [3.05, 3.63) is 101 Å². The maximum absolute atomic E-state index is 13.3. The van der Waals surface area contributed by atoms with E-state index in [9.17, 15) is 4.79 Å². The van der Waals surface area contributed by atoms with Crippen LogP contribution in [-0.4, -0.2) is 23.9 Å². The highest BCUT2D eigenvalue weighted by Crippen LogP contribution is 2.31. The van der Waals surface area contributed by atoms with Crippen LogP contribution in [0.4, 0.5) is 0 Å². The monoisotopic (exact) mass is 413 g/mol. The minimum atomic E-state index is 0.135. The molecular weight excluding hydrogens is 378 g/mol. The van der Waals surface area contributed by atoms with E-state index in [-0.39, 0.29) is 5.91 Å². The lowest BCUT2D eigenvalue weighted by atomic mass is 9.88. The van der Waals surface area contributed by atoms with Gasteiger partial charge in [0.1, 0.15) is 0 Å². The summed E-state index contributed by atoms with van der Waals surface area (Å²) in [6.07, 6.45) is 6.32. The van der Waals surface area contributed by atoms with Gasteiger partial charge in [-0.3, -0.25) is 4.79 Å². The predicted octanol–water partition coefficient (Wildman–Crippen LogP) is 7.02. The number of carbonyl (C=O) groups excluding carboxylic acids is 1. The number of nitrogens with zero attached hydrogens (tertiary/aromatic N) is 1. The lowest BCUT2D eigenvalue weighted by Crippen LogP contribution is -2.39. The molecule has 1 amide bonds.